The van der Waals surface area contributed by atoms with E-state index in [9.17, 15) is 35.9 Å². The molecule has 0 aliphatic carbocycles. The third-order valence-corrected chi connectivity index (χ3v) is 4.75. The van der Waals surface area contributed by atoms with Crippen LogP contribution < -0.4 is 10.5 Å². The van der Waals surface area contributed by atoms with Crippen molar-refractivity contribution in [1.29, 1.82) is 0 Å². The van der Waals surface area contributed by atoms with Gasteiger partial charge in [-0.1, -0.05) is 29.8 Å². The average Bonchev–Trinajstić information content (AvgIpc) is 2.72. The minimum absolute atomic E-state index is 0.138. The molecule has 33 heavy (non-hydrogen) atoms. The second-order valence-electron chi connectivity index (χ2n) is 6.70. The van der Waals surface area contributed by atoms with Crippen molar-refractivity contribution < 1.29 is 40.7 Å². The number of benzene rings is 3. The highest BCUT2D eigenvalue weighted by Crippen LogP contribution is 2.40. The first-order chi connectivity index (χ1) is 15.3. The Kier molecular flexibility index (Phi) is 6.42. The predicted molar refractivity (Wildman–Crippen MR) is 107 cm³/mol. The van der Waals surface area contributed by atoms with E-state index in [4.69, 9.17) is 22.1 Å². The monoisotopic (exact) mass is 487 g/mol. The lowest BCUT2D eigenvalue weighted by Crippen LogP contribution is -2.21. The molecule has 3 aromatic carbocycles. The molecule has 1 amide bonds. The number of hydrogen-bond donors (Lipinski definition) is 1. The Morgan fingerprint density at radius 2 is 1.45 bits per heavy atom. The lowest BCUT2D eigenvalue weighted by Gasteiger charge is -2.17. The molecule has 0 saturated carbocycles. The van der Waals surface area contributed by atoms with Crippen molar-refractivity contribution in [2.24, 2.45) is 5.73 Å². The Labute approximate surface area is 187 Å². The molecule has 0 fully saturated rings. The van der Waals surface area contributed by atoms with Crippen molar-refractivity contribution in [2.75, 3.05) is 0 Å². The minimum Gasteiger partial charge on any atom is -0.422 e. The van der Waals surface area contributed by atoms with E-state index in [1.54, 1.807) is 0 Å². The summed E-state index contributed by atoms with van der Waals surface area (Å²) >= 11 is 5.80. The molecule has 4 nitrogen and oxygen atoms in total. The van der Waals surface area contributed by atoms with Crippen LogP contribution in [0.4, 0.5) is 26.3 Å². The fourth-order valence-electron chi connectivity index (χ4n) is 3.04. The van der Waals surface area contributed by atoms with Crippen molar-refractivity contribution in [2.45, 2.75) is 12.4 Å². The largest absolute Gasteiger partial charge is 0.422 e. The summed E-state index contributed by atoms with van der Waals surface area (Å²) in [4.78, 5) is 24.2. The van der Waals surface area contributed by atoms with Crippen molar-refractivity contribution in [3.8, 4) is 16.9 Å². The van der Waals surface area contributed by atoms with Gasteiger partial charge < -0.3 is 10.5 Å². The number of ether oxygens (including phenoxy) is 1. The van der Waals surface area contributed by atoms with Gasteiger partial charge in [0.1, 0.15) is 11.3 Å². The van der Waals surface area contributed by atoms with Crippen LogP contribution in [0.1, 0.15) is 31.8 Å². The van der Waals surface area contributed by atoms with Crippen molar-refractivity contribution in [3.63, 3.8) is 0 Å². The molecule has 0 aromatic heterocycles. The van der Waals surface area contributed by atoms with Crippen LogP contribution in [0.3, 0.4) is 0 Å². The van der Waals surface area contributed by atoms with Gasteiger partial charge in [-0.15, -0.1) is 0 Å². The molecule has 11 heteroatoms. The molecular formula is C22H12ClF6NO3. The number of carbonyl (C=O) groups excluding carboxylic acids is 2. The number of esters is 1. The van der Waals surface area contributed by atoms with Crippen LogP contribution in [-0.4, -0.2) is 11.9 Å². The number of carbonyl (C=O) groups is 2. The highest BCUT2D eigenvalue weighted by atomic mass is 35.5. The summed E-state index contributed by atoms with van der Waals surface area (Å²) in [5.74, 6) is -3.80. The van der Waals surface area contributed by atoms with Gasteiger partial charge in [-0.25, -0.2) is 4.79 Å². The average molecular weight is 488 g/mol. The third-order valence-electron chi connectivity index (χ3n) is 4.50. The third kappa shape index (κ3) is 5.28. The zero-order valence-corrected chi connectivity index (χ0v) is 17.0. The molecule has 0 aliphatic heterocycles. The van der Waals surface area contributed by atoms with Gasteiger partial charge in [-0.2, -0.15) is 26.3 Å². The van der Waals surface area contributed by atoms with Gasteiger partial charge >= 0.3 is 18.3 Å². The summed E-state index contributed by atoms with van der Waals surface area (Å²) in [7, 11) is 0. The summed E-state index contributed by atoms with van der Waals surface area (Å²) in [6, 6.07) is 10.1. The Balaban J connectivity index is 2.13. The second kappa shape index (κ2) is 8.78. The van der Waals surface area contributed by atoms with Crippen LogP contribution in [0, 0.1) is 0 Å². The molecule has 3 rings (SSSR count). The Morgan fingerprint density at radius 1 is 0.818 bits per heavy atom. The van der Waals surface area contributed by atoms with E-state index in [-0.39, 0.29) is 16.1 Å². The predicted octanol–water partition coefficient (Wildman–Crippen LogP) is 6.36. The summed E-state index contributed by atoms with van der Waals surface area (Å²) in [6.45, 7) is 0. The Bertz CT molecular complexity index is 1220. The first-order valence-electron chi connectivity index (χ1n) is 8.98. The van der Waals surface area contributed by atoms with E-state index in [0.717, 1.165) is 24.3 Å². The van der Waals surface area contributed by atoms with Crippen LogP contribution in [0.5, 0.6) is 5.75 Å². The molecule has 0 heterocycles. The van der Waals surface area contributed by atoms with Gasteiger partial charge in [0.2, 0.25) is 5.91 Å². The van der Waals surface area contributed by atoms with E-state index < -0.39 is 52.2 Å². The number of primary amides is 1. The second-order valence-corrected chi connectivity index (χ2v) is 7.13. The molecule has 0 atom stereocenters. The topological polar surface area (TPSA) is 69.4 Å². The van der Waals surface area contributed by atoms with Gasteiger partial charge in [0.15, 0.2) is 0 Å². The molecular weight excluding hydrogens is 476 g/mol. The number of alkyl halides is 6. The maximum absolute atomic E-state index is 13.6. The van der Waals surface area contributed by atoms with Crippen LogP contribution in [-0.2, 0) is 12.4 Å². The van der Waals surface area contributed by atoms with Crippen LogP contribution in [0.15, 0.2) is 60.7 Å². The highest BCUT2D eigenvalue weighted by molar-refractivity contribution is 6.30. The van der Waals surface area contributed by atoms with Crippen molar-refractivity contribution in [1.82, 2.24) is 0 Å². The molecule has 0 bridgehead atoms. The Morgan fingerprint density at radius 3 is 2.00 bits per heavy atom. The minimum atomic E-state index is -5.11. The maximum Gasteiger partial charge on any atom is 0.420 e. The standard InChI is InChI=1S/C22H12ClF6NO3/c23-13-7-4-11(5-8-13)16-10-12(21(24,25)26)6-9-14(16)20(32)33-17-3-1-2-15(19(30)31)18(17)22(27,28)29/h1-10H,(H2,30,31). The summed E-state index contributed by atoms with van der Waals surface area (Å²) < 4.78 is 85.2. The summed E-state index contributed by atoms with van der Waals surface area (Å²) in [5, 5.41) is 0.271. The summed E-state index contributed by atoms with van der Waals surface area (Å²) in [6.07, 6.45) is -9.86. The SMILES string of the molecule is NC(=O)c1cccc(OC(=O)c2ccc(C(F)(F)F)cc2-c2ccc(Cl)cc2)c1C(F)(F)F. The first-order valence-corrected chi connectivity index (χ1v) is 9.36. The van der Waals surface area contributed by atoms with Gasteiger partial charge in [0.25, 0.3) is 0 Å². The molecule has 0 radical (unpaired) electrons. The summed E-state index contributed by atoms with van der Waals surface area (Å²) in [5.41, 5.74) is 0.850. The molecule has 0 saturated heterocycles. The van der Waals surface area contributed by atoms with Gasteiger partial charge in [-0.05, 0) is 53.6 Å². The number of hydrogen-bond acceptors (Lipinski definition) is 3. The van der Waals surface area contributed by atoms with Crippen molar-refractivity contribution in [3.05, 3.63) is 87.9 Å². The normalized spacial score (nSPS) is 11.8. The van der Waals surface area contributed by atoms with Gasteiger partial charge in [0.05, 0.1) is 16.7 Å². The zero-order chi connectivity index (χ0) is 24.6. The number of amides is 1. The lowest BCUT2D eigenvalue weighted by atomic mass is 9.97. The van der Waals surface area contributed by atoms with Gasteiger partial charge in [0, 0.05) is 5.02 Å². The van der Waals surface area contributed by atoms with E-state index in [0.29, 0.717) is 12.1 Å². The maximum atomic E-state index is 13.6. The zero-order valence-electron chi connectivity index (χ0n) is 16.2. The van der Waals surface area contributed by atoms with E-state index in [2.05, 4.69) is 0 Å². The van der Waals surface area contributed by atoms with E-state index in [1.807, 2.05) is 0 Å². The van der Waals surface area contributed by atoms with Crippen molar-refractivity contribution >= 4 is 23.5 Å². The molecule has 0 spiro atoms. The molecule has 172 valence electrons. The van der Waals surface area contributed by atoms with E-state index in [1.165, 1.54) is 24.3 Å². The quantitative estimate of drug-likeness (QED) is 0.264. The number of nitrogens with two attached hydrogens (primary N) is 1. The Hall–Kier alpha value is -3.53. The fourth-order valence-corrected chi connectivity index (χ4v) is 3.16. The molecule has 0 aliphatic rings. The van der Waals surface area contributed by atoms with Gasteiger partial charge in [-0.3, -0.25) is 4.79 Å². The highest BCUT2D eigenvalue weighted by Gasteiger charge is 2.39. The van der Waals surface area contributed by atoms with Crippen LogP contribution in [0.25, 0.3) is 11.1 Å². The van der Waals surface area contributed by atoms with Crippen LogP contribution in [0.2, 0.25) is 5.02 Å². The van der Waals surface area contributed by atoms with Crippen LogP contribution >= 0.6 is 11.6 Å². The first kappa shape index (κ1) is 24.1. The van der Waals surface area contributed by atoms with E-state index >= 15 is 0 Å². The molecule has 3 aromatic rings. The number of halogens is 7. The molecule has 0 unspecified atom stereocenters. The smallest absolute Gasteiger partial charge is 0.420 e. The lowest BCUT2D eigenvalue weighted by molar-refractivity contribution is -0.139. The number of rotatable bonds is 4. The fraction of sp³-hybridized carbons (Fsp3) is 0.0909. The molecule has 2 N–H and O–H groups in total.